The monoisotopic (exact) mass is 476 g/mol. The second-order valence-corrected chi connectivity index (χ2v) is 9.32. The maximum absolute atomic E-state index is 12.7. The van der Waals surface area contributed by atoms with Gasteiger partial charge in [-0.1, -0.05) is 45.4 Å². The van der Waals surface area contributed by atoms with Crippen LogP contribution in [0.2, 0.25) is 0 Å². The Hall–Kier alpha value is -3.54. The molecule has 1 amide bonds. The number of anilines is 1. The number of benzene rings is 2. The van der Waals surface area contributed by atoms with Crippen LogP contribution in [-0.2, 0) is 9.59 Å². The summed E-state index contributed by atoms with van der Waals surface area (Å²) in [6.07, 6.45) is 4.33. The lowest BCUT2D eigenvalue weighted by Gasteiger charge is -2.18. The van der Waals surface area contributed by atoms with E-state index in [1.807, 2.05) is 25.1 Å². The first-order chi connectivity index (χ1) is 16.8. The van der Waals surface area contributed by atoms with E-state index in [4.69, 9.17) is 9.84 Å². The van der Waals surface area contributed by atoms with Gasteiger partial charge < -0.3 is 20.1 Å². The number of rotatable bonds is 12. The number of H-pyrrole nitrogens is 1. The van der Waals surface area contributed by atoms with E-state index in [0.717, 1.165) is 34.9 Å². The van der Waals surface area contributed by atoms with Crippen molar-refractivity contribution in [2.45, 2.75) is 59.3 Å². The quantitative estimate of drug-likeness (QED) is 0.194. The Balaban J connectivity index is 1.72. The van der Waals surface area contributed by atoms with Crippen molar-refractivity contribution in [2.75, 3.05) is 11.9 Å². The number of carboxylic acids is 1. The summed E-state index contributed by atoms with van der Waals surface area (Å²) < 4.78 is 5.68. The van der Waals surface area contributed by atoms with Gasteiger partial charge in [-0.2, -0.15) is 0 Å². The van der Waals surface area contributed by atoms with E-state index in [2.05, 4.69) is 49.3 Å². The van der Waals surface area contributed by atoms with Gasteiger partial charge in [0.15, 0.2) is 0 Å². The molecular weight excluding hydrogens is 440 g/mol. The molecule has 1 aromatic heterocycles. The number of carbonyl (C=O) groups is 2. The highest BCUT2D eigenvalue weighted by Gasteiger charge is 2.17. The fraction of sp³-hybridized carbons (Fsp3) is 0.379. The Morgan fingerprint density at radius 3 is 2.63 bits per heavy atom. The smallest absolute Gasteiger partial charge is 0.303 e. The number of nitrogens with one attached hydrogen (secondary N) is 2. The summed E-state index contributed by atoms with van der Waals surface area (Å²) in [6.45, 7) is 8.95. The van der Waals surface area contributed by atoms with Crippen LogP contribution in [0.15, 0.2) is 54.6 Å². The topological polar surface area (TPSA) is 91.4 Å². The second kappa shape index (κ2) is 12.2. The zero-order chi connectivity index (χ0) is 25.4. The lowest BCUT2D eigenvalue weighted by atomic mass is 9.88. The predicted octanol–water partition coefficient (Wildman–Crippen LogP) is 6.99. The standard InChI is InChI=1S/C29H36N2O4/c1-5-9-23(19(2)3)26-18-22-17-21(13-14-24(22)30-26)20(4)16-28(32)31-25-10-6-7-11-27(25)35-15-8-12-29(33)34/h6-7,10-11,13-14,16-19,23,30H,5,8-9,12,15H2,1-4H3,(H,31,32)(H,33,34). The molecule has 0 saturated heterocycles. The van der Waals surface area contributed by atoms with E-state index in [1.165, 1.54) is 5.69 Å². The summed E-state index contributed by atoms with van der Waals surface area (Å²) in [5.41, 5.74) is 4.79. The normalized spacial score (nSPS) is 12.7. The molecule has 0 saturated carbocycles. The molecule has 186 valence electrons. The molecule has 35 heavy (non-hydrogen) atoms. The van der Waals surface area contributed by atoms with Gasteiger partial charge >= 0.3 is 5.97 Å². The van der Waals surface area contributed by atoms with Crippen LogP contribution in [0.1, 0.15) is 70.6 Å². The molecule has 2 aromatic carbocycles. The number of hydrogen-bond acceptors (Lipinski definition) is 3. The third-order valence-electron chi connectivity index (χ3n) is 6.19. The minimum absolute atomic E-state index is 0.0418. The molecule has 1 heterocycles. The van der Waals surface area contributed by atoms with Gasteiger partial charge in [0, 0.05) is 35.0 Å². The largest absolute Gasteiger partial charge is 0.491 e. The van der Waals surface area contributed by atoms with Gasteiger partial charge in [0.1, 0.15) is 5.75 Å². The summed E-state index contributed by atoms with van der Waals surface area (Å²) in [5, 5.41) is 12.8. The maximum atomic E-state index is 12.7. The lowest BCUT2D eigenvalue weighted by Crippen LogP contribution is -2.10. The highest BCUT2D eigenvalue weighted by atomic mass is 16.5. The van der Waals surface area contributed by atoms with E-state index < -0.39 is 5.97 Å². The Bertz CT molecular complexity index is 1190. The van der Waals surface area contributed by atoms with E-state index in [0.29, 0.717) is 29.7 Å². The average Bonchev–Trinajstić information content (AvgIpc) is 3.23. The molecule has 1 atom stereocenters. The fourth-order valence-corrected chi connectivity index (χ4v) is 4.31. The van der Waals surface area contributed by atoms with Gasteiger partial charge in [0.05, 0.1) is 12.3 Å². The first-order valence-electron chi connectivity index (χ1n) is 12.3. The SMILES string of the molecule is CCCC(c1cc2cc(C(C)=CC(=O)Nc3ccccc3OCCCC(=O)O)ccc2[nH]1)C(C)C. The number of fused-ring (bicyclic) bond motifs is 1. The Morgan fingerprint density at radius 2 is 1.91 bits per heavy atom. The minimum Gasteiger partial charge on any atom is -0.491 e. The fourth-order valence-electron chi connectivity index (χ4n) is 4.31. The summed E-state index contributed by atoms with van der Waals surface area (Å²) in [6, 6.07) is 15.6. The highest BCUT2D eigenvalue weighted by molar-refractivity contribution is 6.04. The highest BCUT2D eigenvalue weighted by Crippen LogP contribution is 2.32. The zero-order valence-electron chi connectivity index (χ0n) is 21.1. The van der Waals surface area contributed by atoms with E-state index in [-0.39, 0.29) is 18.9 Å². The number of aliphatic carboxylic acids is 1. The van der Waals surface area contributed by atoms with Crippen molar-refractivity contribution in [3.63, 3.8) is 0 Å². The third kappa shape index (κ3) is 7.22. The molecule has 0 aliphatic rings. The predicted molar refractivity (Wildman–Crippen MR) is 142 cm³/mol. The molecule has 0 fully saturated rings. The number of carboxylic acid groups (broad SMARTS) is 1. The second-order valence-electron chi connectivity index (χ2n) is 9.32. The molecule has 6 nitrogen and oxygen atoms in total. The van der Waals surface area contributed by atoms with Gasteiger partial charge in [-0.05, 0) is 67.2 Å². The van der Waals surface area contributed by atoms with E-state index in [9.17, 15) is 9.59 Å². The van der Waals surface area contributed by atoms with Crippen molar-refractivity contribution in [2.24, 2.45) is 5.92 Å². The Kier molecular flexibility index (Phi) is 9.12. The molecule has 0 aliphatic heterocycles. The molecule has 0 aliphatic carbocycles. The van der Waals surface area contributed by atoms with Gasteiger partial charge in [-0.3, -0.25) is 9.59 Å². The van der Waals surface area contributed by atoms with Crippen LogP contribution < -0.4 is 10.1 Å². The summed E-state index contributed by atoms with van der Waals surface area (Å²) in [7, 11) is 0. The van der Waals surface area contributed by atoms with Crippen molar-refractivity contribution < 1.29 is 19.4 Å². The number of hydrogen-bond donors (Lipinski definition) is 3. The summed E-state index contributed by atoms with van der Waals surface area (Å²) >= 11 is 0. The molecule has 0 radical (unpaired) electrons. The first-order valence-corrected chi connectivity index (χ1v) is 12.3. The molecule has 3 aromatic rings. The molecule has 0 bridgehead atoms. The van der Waals surface area contributed by atoms with E-state index in [1.54, 1.807) is 18.2 Å². The average molecular weight is 477 g/mol. The maximum Gasteiger partial charge on any atom is 0.303 e. The van der Waals surface area contributed by atoms with Crippen LogP contribution >= 0.6 is 0 Å². The molecule has 3 rings (SSSR count). The van der Waals surface area contributed by atoms with Crippen LogP contribution in [0, 0.1) is 5.92 Å². The van der Waals surface area contributed by atoms with Gasteiger partial charge in [0.2, 0.25) is 5.91 Å². The Labute approximate surface area is 207 Å². The minimum atomic E-state index is -0.856. The zero-order valence-corrected chi connectivity index (χ0v) is 21.1. The summed E-state index contributed by atoms with van der Waals surface area (Å²) in [5.74, 6) is 0.485. The lowest BCUT2D eigenvalue weighted by molar-refractivity contribution is -0.137. The molecule has 0 spiro atoms. The van der Waals surface area contributed by atoms with Crippen LogP contribution in [0.3, 0.4) is 0 Å². The van der Waals surface area contributed by atoms with E-state index >= 15 is 0 Å². The molecule has 1 unspecified atom stereocenters. The third-order valence-corrected chi connectivity index (χ3v) is 6.19. The van der Waals surface area contributed by atoms with Crippen LogP contribution in [0.4, 0.5) is 5.69 Å². The number of ether oxygens (including phenoxy) is 1. The first kappa shape index (κ1) is 26.1. The number of para-hydroxylation sites is 2. The van der Waals surface area contributed by atoms with Crippen molar-refractivity contribution in [3.05, 3.63) is 65.9 Å². The summed E-state index contributed by atoms with van der Waals surface area (Å²) in [4.78, 5) is 27.0. The molecule has 6 heteroatoms. The Morgan fingerprint density at radius 1 is 1.14 bits per heavy atom. The van der Waals surface area contributed by atoms with Crippen LogP contribution in [0.5, 0.6) is 5.75 Å². The van der Waals surface area contributed by atoms with Gasteiger partial charge in [0.25, 0.3) is 0 Å². The van der Waals surface area contributed by atoms with Gasteiger partial charge in [-0.25, -0.2) is 0 Å². The van der Waals surface area contributed by atoms with Crippen LogP contribution in [0.25, 0.3) is 16.5 Å². The van der Waals surface area contributed by atoms with Crippen molar-refractivity contribution in [1.82, 2.24) is 4.98 Å². The van der Waals surface area contributed by atoms with Crippen LogP contribution in [-0.4, -0.2) is 28.6 Å². The molecule has 3 N–H and O–H groups in total. The van der Waals surface area contributed by atoms with Crippen molar-refractivity contribution in [1.29, 1.82) is 0 Å². The number of aromatic amines is 1. The van der Waals surface area contributed by atoms with Crippen molar-refractivity contribution >= 4 is 34.0 Å². The number of amides is 1. The number of carbonyl (C=O) groups excluding carboxylic acids is 1. The number of aromatic nitrogens is 1. The van der Waals surface area contributed by atoms with Crippen molar-refractivity contribution in [3.8, 4) is 5.75 Å². The molecular formula is C29H36N2O4. The van der Waals surface area contributed by atoms with Gasteiger partial charge in [-0.15, -0.1) is 0 Å². The number of allylic oxidation sites excluding steroid dienone is 1.